The van der Waals surface area contributed by atoms with Gasteiger partial charge in [-0.1, -0.05) is 0 Å². The zero-order valence-corrected chi connectivity index (χ0v) is 10.4. The first-order valence-electron chi connectivity index (χ1n) is 5.04. The van der Waals surface area contributed by atoms with Crippen LogP contribution in [-0.4, -0.2) is 34.0 Å². The number of rotatable bonds is 2. The third-order valence-corrected chi connectivity index (χ3v) is 3.33. The van der Waals surface area contributed by atoms with E-state index in [9.17, 15) is 10.0 Å². The Kier molecular flexibility index (Phi) is 3.33. The average molecular weight is 234 g/mol. The van der Waals surface area contributed by atoms with E-state index in [2.05, 4.69) is 5.32 Å². The molecule has 1 N–H and O–H groups in total. The lowest BCUT2D eigenvalue weighted by atomic mass is 9.94. The number of hydrogen-bond donors (Lipinski definition) is 1. The first-order valence-corrected chi connectivity index (χ1v) is 5.58. The Bertz CT molecular complexity index is 266. The van der Waals surface area contributed by atoms with Crippen molar-refractivity contribution in [1.82, 2.24) is 10.4 Å². The van der Waals surface area contributed by atoms with Crippen molar-refractivity contribution in [3.8, 4) is 0 Å². The second-order valence-corrected chi connectivity index (χ2v) is 5.49. The van der Waals surface area contributed by atoms with Crippen molar-refractivity contribution in [2.75, 3.05) is 5.88 Å². The summed E-state index contributed by atoms with van der Waals surface area (Å²) in [7, 11) is 0. The number of hydroxylamine groups is 2. The molecule has 4 nitrogen and oxygen atoms in total. The maximum absolute atomic E-state index is 12.0. The molecule has 0 saturated carbocycles. The molecular weight excluding hydrogens is 216 g/mol. The van der Waals surface area contributed by atoms with Gasteiger partial charge in [0.15, 0.2) is 0 Å². The van der Waals surface area contributed by atoms with Crippen LogP contribution in [0.2, 0.25) is 0 Å². The monoisotopic (exact) mass is 233 g/mol. The van der Waals surface area contributed by atoms with E-state index in [1.807, 2.05) is 27.7 Å². The Labute approximate surface area is 95.5 Å². The normalized spacial score (nSPS) is 29.1. The van der Waals surface area contributed by atoms with E-state index in [1.165, 1.54) is 0 Å². The van der Waals surface area contributed by atoms with Crippen LogP contribution in [0.25, 0.3) is 0 Å². The summed E-state index contributed by atoms with van der Waals surface area (Å²) in [5.41, 5.74) is -1.01. The molecule has 0 aliphatic carbocycles. The Morgan fingerprint density at radius 2 is 2.00 bits per heavy atom. The molecule has 1 aliphatic rings. The van der Waals surface area contributed by atoms with Crippen LogP contribution in [0, 0.1) is 0 Å². The summed E-state index contributed by atoms with van der Waals surface area (Å²) in [4.78, 5) is 11.2. The topological polar surface area (TPSA) is 52.2 Å². The number of carbonyl (C=O) groups is 1. The predicted octanol–water partition coefficient (Wildman–Crippen LogP) is 1.32. The lowest BCUT2D eigenvalue weighted by Gasteiger charge is -2.33. The van der Waals surface area contributed by atoms with Crippen LogP contribution in [0.5, 0.6) is 0 Å². The van der Waals surface area contributed by atoms with Gasteiger partial charge in [-0.15, -0.1) is 21.9 Å². The molecule has 0 aromatic carbocycles. The van der Waals surface area contributed by atoms with Gasteiger partial charge in [-0.3, -0.25) is 4.79 Å². The van der Waals surface area contributed by atoms with Crippen LogP contribution in [0.4, 0.5) is 0 Å². The Balaban J connectivity index is 2.80. The van der Waals surface area contributed by atoms with Crippen molar-refractivity contribution in [1.29, 1.82) is 0 Å². The number of carbonyl (C=O) groups excluding carboxylic acids is 1. The largest absolute Gasteiger partial charge is 0.350 e. The third-order valence-electron chi connectivity index (χ3n) is 3.09. The van der Waals surface area contributed by atoms with Crippen molar-refractivity contribution in [3.63, 3.8) is 0 Å². The van der Waals surface area contributed by atoms with Gasteiger partial charge in [0.25, 0.3) is 0 Å². The number of hydrogen-bond acceptors (Lipinski definition) is 2. The summed E-state index contributed by atoms with van der Waals surface area (Å²) in [5.74, 6) is -0.285. The van der Waals surface area contributed by atoms with Crippen molar-refractivity contribution in [2.24, 2.45) is 0 Å². The summed E-state index contributed by atoms with van der Waals surface area (Å²) < 4.78 is 0. The minimum Gasteiger partial charge on any atom is -0.350 e. The molecule has 1 aliphatic heterocycles. The van der Waals surface area contributed by atoms with Crippen molar-refractivity contribution in [2.45, 2.75) is 51.2 Å². The average Bonchev–Trinajstić information content (AvgIpc) is 2.27. The first kappa shape index (κ1) is 12.7. The molecule has 87 valence electrons. The number of alkyl halides is 1. The number of nitrogens with one attached hydrogen (secondary N) is 1. The van der Waals surface area contributed by atoms with Gasteiger partial charge in [0.1, 0.15) is 5.88 Å². The molecule has 15 heavy (non-hydrogen) atoms. The van der Waals surface area contributed by atoms with Crippen molar-refractivity contribution < 1.29 is 10.0 Å². The van der Waals surface area contributed by atoms with Crippen LogP contribution in [0.3, 0.4) is 0 Å². The molecule has 0 aromatic heterocycles. The fourth-order valence-corrected chi connectivity index (χ4v) is 2.29. The molecule has 1 amide bonds. The summed E-state index contributed by atoms with van der Waals surface area (Å²) >= 11 is 5.43. The predicted molar refractivity (Wildman–Crippen MR) is 58.0 cm³/mol. The molecule has 1 saturated heterocycles. The van der Waals surface area contributed by atoms with Crippen LogP contribution >= 0.6 is 11.6 Å². The lowest BCUT2D eigenvalue weighted by molar-refractivity contribution is -0.246. The van der Waals surface area contributed by atoms with Crippen LogP contribution in [0.15, 0.2) is 0 Å². The van der Waals surface area contributed by atoms with Crippen LogP contribution < -0.4 is 5.32 Å². The molecule has 1 fully saturated rings. The number of halogens is 1. The second kappa shape index (κ2) is 3.92. The van der Waals surface area contributed by atoms with Crippen molar-refractivity contribution in [3.05, 3.63) is 0 Å². The van der Waals surface area contributed by atoms with Crippen molar-refractivity contribution >= 4 is 17.5 Å². The molecule has 0 spiro atoms. The highest BCUT2D eigenvalue weighted by Crippen LogP contribution is 2.39. The van der Waals surface area contributed by atoms with Gasteiger partial charge in [0.2, 0.25) is 5.91 Å². The van der Waals surface area contributed by atoms with Crippen LogP contribution in [-0.2, 0) is 10.0 Å². The van der Waals surface area contributed by atoms with E-state index in [1.54, 1.807) is 0 Å². The van der Waals surface area contributed by atoms with E-state index in [0.29, 0.717) is 6.42 Å². The highest BCUT2D eigenvalue weighted by Gasteiger charge is 2.52. The van der Waals surface area contributed by atoms with E-state index in [0.717, 1.165) is 5.06 Å². The maximum Gasteiger partial charge on any atom is 0.235 e. The maximum atomic E-state index is 12.0. The second-order valence-electron chi connectivity index (χ2n) is 5.22. The van der Waals surface area contributed by atoms with Gasteiger partial charge in [0.05, 0.1) is 11.6 Å². The standard InChI is InChI=1S/C10H18ClN2O2/c1-9(2)5-7(12-8(14)6-11)10(3,4)13(9)15/h7H,5-6H2,1-4H3,(H,12,14). The van der Waals surface area contributed by atoms with Gasteiger partial charge >= 0.3 is 0 Å². The summed E-state index contributed by atoms with van der Waals surface area (Å²) in [5, 5.41) is 15.8. The number of nitrogens with zero attached hydrogens (tertiary/aromatic N) is 1. The molecule has 0 bridgehead atoms. The molecule has 5 heteroatoms. The molecule has 1 atom stereocenters. The fraction of sp³-hybridized carbons (Fsp3) is 0.900. The number of amides is 1. The molecule has 0 aromatic rings. The smallest absolute Gasteiger partial charge is 0.235 e. The minimum atomic E-state index is -0.578. The van der Waals surface area contributed by atoms with Gasteiger partial charge in [-0.25, -0.2) is 0 Å². The van der Waals surface area contributed by atoms with Crippen LogP contribution in [0.1, 0.15) is 34.1 Å². The first-order chi connectivity index (χ1) is 6.71. The quantitative estimate of drug-likeness (QED) is 0.732. The lowest BCUT2D eigenvalue weighted by Crippen LogP contribution is -2.52. The van der Waals surface area contributed by atoms with E-state index < -0.39 is 11.1 Å². The van der Waals surface area contributed by atoms with Gasteiger partial charge in [0, 0.05) is 5.54 Å². The highest BCUT2D eigenvalue weighted by molar-refractivity contribution is 6.27. The SMILES string of the molecule is CC1(C)CC(NC(=O)CCl)C(C)(C)N1[O]. The van der Waals surface area contributed by atoms with E-state index in [4.69, 9.17) is 11.6 Å². The summed E-state index contributed by atoms with van der Waals surface area (Å²) in [6, 6.07) is -0.142. The summed E-state index contributed by atoms with van der Waals surface area (Å²) in [6.07, 6.45) is 0.645. The van der Waals surface area contributed by atoms with Gasteiger partial charge < -0.3 is 5.32 Å². The molecule has 1 heterocycles. The minimum absolute atomic E-state index is 0.0636. The molecule has 1 radical (unpaired) electrons. The zero-order valence-electron chi connectivity index (χ0n) is 9.63. The Morgan fingerprint density at radius 3 is 2.33 bits per heavy atom. The molecular formula is C10H18ClN2O2. The Hall–Kier alpha value is -0.320. The van der Waals surface area contributed by atoms with E-state index in [-0.39, 0.29) is 17.8 Å². The zero-order chi connectivity index (χ0) is 11.9. The summed E-state index contributed by atoms with van der Waals surface area (Å²) in [6.45, 7) is 7.45. The van der Waals surface area contributed by atoms with E-state index >= 15 is 0 Å². The highest BCUT2D eigenvalue weighted by atomic mass is 35.5. The third kappa shape index (κ3) is 2.27. The molecule has 1 unspecified atom stereocenters. The van der Waals surface area contributed by atoms with Gasteiger partial charge in [-0.2, -0.15) is 0 Å². The molecule has 1 rings (SSSR count). The fourth-order valence-electron chi connectivity index (χ4n) is 2.21. The van der Waals surface area contributed by atoms with Gasteiger partial charge in [-0.05, 0) is 34.1 Å². The Morgan fingerprint density at radius 1 is 1.47 bits per heavy atom.